The molecule has 0 spiro atoms. The van der Waals surface area contributed by atoms with Gasteiger partial charge in [-0.25, -0.2) is 0 Å². The zero-order valence-corrected chi connectivity index (χ0v) is 12.4. The fourth-order valence-corrected chi connectivity index (χ4v) is 4.09. The number of rotatable bonds is 4. The maximum Gasteiger partial charge on any atom is 0.0253 e. The Bertz CT molecular complexity index is 443. The molecule has 20 heavy (non-hydrogen) atoms. The van der Waals surface area contributed by atoms with Gasteiger partial charge < -0.3 is 5.32 Å². The minimum absolute atomic E-state index is 0.753. The van der Waals surface area contributed by atoms with Crippen molar-refractivity contribution in [3.8, 4) is 0 Å². The first kappa shape index (κ1) is 12.8. The lowest BCUT2D eigenvalue weighted by Crippen LogP contribution is -2.43. The van der Waals surface area contributed by atoms with Gasteiger partial charge in [-0.3, -0.25) is 4.90 Å². The largest absolute Gasteiger partial charge is 0.312 e. The van der Waals surface area contributed by atoms with Gasteiger partial charge in [0.05, 0.1) is 0 Å². The predicted octanol–water partition coefficient (Wildman–Crippen LogP) is 3.28. The van der Waals surface area contributed by atoms with E-state index in [1.165, 1.54) is 57.2 Å². The second kappa shape index (κ2) is 5.50. The zero-order chi connectivity index (χ0) is 13.4. The Balaban J connectivity index is 1.41. The molecule has 2 saturated heterocycles. The van der Waals surface area contributed by atoms with E-state index in [9.17, 15) is 0 Å². The highest BCUT2D eigenvalue weighted by molar-refractivity contribution is 5.28. The Morgan fingerprint density at radius 1 is 1.00 bits per heavy atom. The molecule has 2 heterocycles. The van der Waals surface area contributed by atoms with Crippen LogP contribution in [0, 0.1) is 0 Å². The van der Waals surface area contributed by atoms with Crippen LogP contribution in [-0.4, -0.2) is 30.1 Å². The van der Waals surface area contributed by atoms with E-state index in [0.29, 0.717) is 0 Å². The van der Waals surface area contributed by atoms with Gasteiger partial charge in [-0.2, -0.15) is 0 Å². The van der Waals surface area contributed by atoms with Crippen LogP contribution in [0.2, 0.25) is 0 Å². The van der Waals surface area contributed by atoms with Crippen molar-refractivity contribution in [3.05, 3.63) is 35.4 Å². The van der Waals surface area contributed by atoms with Crippen LogP contribution in [0.25, 0.3) is 0 Å². The molecule has 2 nitrogen and oxygen atoms in total. The molecule has 3 fully saturated rings. The summed E-state index contributed by atoms with van der Waals surface area (Å²) >= 11 is 0. The molecule has 1 saturated carbocycles. The van der Waals surface area contributed by atoms with Gasteiger partial charge in [0.2, 0.25) is 0 Å². The minimum atomic E-state index is 0.753. The van der Waals surface area contributed by atoms with Gasteiger partial charge in [-0.15, -0.1) is 0 Å². The van der Waals surface area contributed by atoms with E-state index >= 15 is 0 Å². The summed E-state index contributed by atoms with van der Waals surface area (Å²) in [6.07, 6.45) is 8.31. The van der Waals surface area contributed by atoms with E-state index in [1.807, 2.05) is 0 Å². The topological polar surface area (TPSA) is 15.3 Å². The molecule has 2 unspecified atom stereocenters. The first-order valence-electron chi connectivity index (χ1n) is 8.46. The van der Waals surface area contributed by atoms with Gasteiger partial charge in [-0.05, 0) is 68.7 Å². The number of hydrogen-bond acceptors (Lipinski definition) is 2. The van der Waals surface area contributed by atoms with Gasteiger partial charge in [-0.1, -0.05) is 24.3 Å². The summed E-state index contributed by atoms with van der Waals surface area (Å²) in [5.74, 6) is 0.881. The van der Waals surface area contributed by atoms with Gasteiger partial charge >= 0.3 is 0 Å². The molecule has 1 aromatic carbocycles. The molecular weight excluding hydrogens is 244 g/mol. The summed E-state index contributed by atoms with van der Waals surface area (Å²) in [6, 6.07) is 11.0. The van der Waals surface area contributed by atoms with Gasteiger partial charge in [0.1, 0.15) is 0 Å². The third-order valence-corrected chi connectivity index (χ3v) is 5.39. The predicted molar refractivity (Wildman–Crippen MR) is 82.9 cm³/mol. The summed E-state index contributed by atoms with van der Waals surface area (Å²) in [5, 5.41) is 3.70. The molecule has 2 atom stereocenters. The number of likely N-dealkylation sites (tertiary alicyclic amines) is 1. The molecule has 0 aromatic heterocycles. The molecule has 0 amide bonds. The molecule has 4 rings (SSSR count). The lowest BCUT2D eigenvalue weighted by atomic mass is 10.0. The Morgan fingerprint density at radius 3 is 2.55 bits per heavy atom. The van der Waals surface area contributed by atoms with Crippen molar-refractivity contribution in [1.82, 2.24) is 10.2 Å². The first-order chi connectivity index (χ1) is 9.90. The highest BCUT2D eigenvalue weighted by Gasteiger charge is 2.33. The van der Waals surface area contributed by atoms with E-state index in [1.54, 1.807) is 5.56 Å². The van der Waals surface area contributed by atoms with Crippen molar-refractivity contribution < 1.29 is 0 Å². The van der Waals surface area contributed by atoms with Gasteiger partial charge in [0, 0.05) is 18.6 Å². The van der Waals surface area contributed by atoms with E-state index in [0.717, 1.165) is 24.5 Å². The Morgan fingerprint density at radius 2 is 1.85 bits per heavy atom. The third kappa shape index (κ3) is 2.64. The van der Waals surface area contributed by atoms with Crippen LogP contribution in [0.1, 0.15) is 55.6 Å². The standard InChI is InChI=1S/C18H26N2/c1-3-17(19-11-1)18-4-2-12-20(18)13-14-5-7-15(8-6-14)16-9-10-16/h5-8,16-19H,1-4,9-13H2. The monoisotopic (exact) mass is 270 g/mol. The lowest BCUT2D eigenvalue weighted by molar-refractivity contribution is 0.206. The first-order valence-corrected chi connectivity index (χ1v) is 8.46. The molecule has 0 radical (unpaired) electrons. The van der Waals surface area contributed by atoms with Crippen molar-refractivity contribution >= 4 is 0 Å². The fourth-order valence-electron chi connectivity index (χ4n) is 4.09. The summed E-state index contributed by atoms with van der Waals surface area (Å²) in [7, 11) is 0. The summed E-state index contributed by atoms with van der Waals surface area (Å²) in [5.41, 5.74) is 3.06. The molecule has 1 N–H and O–H groups in total. The molecule has 2 aliphatic heterocycles. The van der Waals surface area contributed by atoms with Crippen molar-refractivity contribution in [2.24, 2.45) is 0 Å². The van der Waals surface area contributed by atoms with Crippen LogP contribution in [-0.2, 0) is 6.54 Å². The summed E-state index contributed by atoms with van der Waals surface area (Å²) < 4.78 is 0. The van der Waals surface area contributed by atoms with Crippen molar-refractivity contribution in [1.29, 1.82) is 0 Å². The number of hydrogen-bond donors (Lipinski definition) is 1. The van der Waals surface area contributed by atoms with E-state index in [4.69, 9.17) is 0 Å². The second-order valence-electron chi connectivity index (χ2n) is 6.90. The molecule has 3 aliphatic rings. The summed E-state index contributed by atoms with van der Waals surface area (Å²) in [6.45, 7) is 3.66. The Labute approximate surface area is 122 Å². The zero-order valence-electron chi connectivity index (χ0n) is 12.4. The average molecular weight is 270 g/mol. The maximum atomic E-state index is 3.70. The van der Waals surface area contributed by atoms with Crippen molar-refractivity contribution in [2.75, 3.05) is 13.1 Å². The Kier molecular flexibility index (Phi) is 3.53. The second-order valence-corrected chi connectivity index (χ2v) is 6.90. The molecular formula is C18H26N2. The van der Waals surface area contributed by atoms with Crippen LogP contribution < -0.4 is 5.32 Å². The smallest absolute Gasteiger partial charge is 0.0253 e. The SMILES string of the molecule is c1cc(C2CC2)ccc1CN1CCCC1C1CCCN1. The molecule has 1 aromatic rings. The maximum absolute atomic E-state index is 3.70. The van der Waals surface area contributed by atoms with Crippen LogP contribution in [0.3, 0.4) is 0 Å². The average Bonchev–Trinajstić information content (AvgIpc) is 2.99. The number of nitrogens with one attached hydrogen (secondary N) is 1. The van der Waals surface area contributed by atoms with Gasteiger partial charge in [0.25, 0.3) is 0 Å². The van der Waals surface area contributed by atoms with E-state index < -0.39 is 0 Å². The molecule has 0 bridgehead atoms. The van der Waals surface area contributed by atoms with E-state index in [2.05, 4.69) is 34.5 Å². The minimum Gasteiger partial charge on any atom is -0.312 e. The van der Waals surface area contributed by atoms with Crippen LogP contribution in [0.15, 0.2) is 24.3 Å². The lowest BCUT2D eigenvalue weighted by Gasteiger charge is -2.29. The number of benzene rings is 1. The molecule has 108 valence electrons. The third-order valence-electron chi connectivity index (χ3n) is 5.39. The number of nitrogens with zero attached hydrogens (tertiary/aromatic N) is 1. The highest BCUT2D eigenvalue weighted by Crippen LogP contribution is 2.40. The van der Waals surface area contributed by atoms with E-state index in [-0.39, 0.29) is 0 Å². The van der Waals surface area contributed by atoms with Crippen LogP contribution >= 0.6 is 0 Å². The highest BCUT2D eigenvalue weighted by atomic mass is 15.2. The molecule has 2 heteroatoms. The van der Waals surface area contributed by atoms with Crippen molar-refractivity contribution in [3.63, 3.8) is 0 Å². The Hall–Kier alpha value is -0.860. The summed E-state index contributed by atoms with van der Waals surface area (Å²) in [4.78, 5) is 2.72. The normalized spacial score (nSPS) is 31.0. The van der Waals surface area contributed by atoms with Crippen molar-refractivity contribution in [2.45, 2.75) is 63.1 Å². The quantitative estimate of drug-likeness (QED) is 0.903. The van der Waals surface area contributed by atoms with Gasteiger partial charge in [0.15, 0.2) is 0 Å². The molecule has 1 aliphatic carbocycles. The fraction of sp³-hybridized carbons (Fsp3) is 0.667. The van der Waals surface area contributed by atoms with Crippen LogP contribution in [0.4, 0.5) is 0 Å². The van der Waals surface area contributed by atoms with Crippen LogP contribution in [0.5, 0.6) is 0 Å².